The first-order valence-electron chi connectivity index (χ1n) is 9.20. The molecule has 1 atom stereocenters. The lowest BCUT2D eigenvalue weighted by Crippen LogP contribution is -2.43. The lowest BCUT2D eigenvalue weighted by Gasteiger charge is -2.32. The number of ether oxygens (including phenoxy) is 1. The van der Waals surface area contributed by atoms with Crippen molar-refractivity contribution in [2.45, 2.75) is 25.6 Å². The highest BCUT2D eigenvalue weighted by atomic mass is 16.5. The minimum atomic E-state index is 0.0372. The maximum absolute atomic E-state index is 13.0. The molecule has 0 N–H and O–H groups in total. The molecule has 6 nitrogen and oxygen atoms in total. The summed E-state index contributed by atoms with van der Waals surface area (Å²) < 4.78 is 7.75. The number of carbonyl (C=O) groups excluding carboxylic acids is 1. The number of hydrogen-bond donors (Lipinski definition) is 0. The van der Waals surface area contributed by atoms with Crippen LogP contribution >= 0.6 is 0 Å². The summed E-state index contributed by atoms with van der Waals surface area (Å²) in [5.74, 6) is 0.0372. The predicted molar refractivity (Wildman–Crippen MR) is 102 cm³/mol. The van der Waals surface area contributed by atoms with Crippen LogP contribution in [0.1, 0.15) is 28.9 Å². The summed E-state index contributed by atoms with van der Waals surface area (Å²) in [5, 5.41) is 4.23. The van der Waals surface area contributed by atoms with E-state index >= 15 is 0 Å². The summed E-state index contributed by atoms with van der Waals surface area (Å²) in [7, 11) is 0. The Kier molecular flexibility index (Phi) is 5.25. The molecule has 1 aliphatic heterocycles. The smallest absolute Gasteiger partial charge is 0.254 e. The van der Waals surface area contributed by atoms with Gasteiger partial charge < -0.3 is 9.64 Å². The van der Waals surface area contributed by atoms with E-state index in [1.54, 1.807) is 17.1 Å². The van der Waals surface area contributed by atoms with Crippen molar-refractivity contribution in [3.8, 4) is 5.69 Å². The van der Waals surface area contributed by atoms with Crippen LogP contribution in [0.2, 0.25) is 0 Å². The predicted octanol–water partition coefficient (Wildman–Crippen LogP) is 3.09. The van der Waals surface area contributed by atoms with Gasteiger partial charge in [0.1, 0.15) is 0 Å². The highest BCUT2D eigenvalue weighted by molar-refractivity contribution is 5.94. The fourth-order valence-corrected chi connectivity index (χ4v) is 3.33. The Balaban J connectivity index is 1.40. The van der Waals surface area contributed by atoms with Crippen molar-refractivity contribution in [2.24, 2.45) is 0 Å². The molecular weight excluding hydrogens is 340 g/mol. The van der Waals surface area contributed by atoms with E-state index in [9.17, 15) is 4.79 Å². The van der Waals surface area contributed by atoms with E-state index in [-0.39, 0.29) is 12.0 Å². The lowest BCUT2D eigenvalue weighted by molar-refractivity contribution is -0.00785. The number of benzene rings is 1. The van der Waals surface area contributed by atoms with Crippen LogP contribution in [-0.4, -0.2) is 44.8 Å². The zero-order valence-corrected chi connectivity index (χ0v) is 15.1. The molecule has 0 radical (unpaired) electrons. The number of amides is 1. The molecule has 1 fully saturated rings. The third-order valence-corrected chi connectivity index (χ3v) is 4.72. The van der Waals surface area contributed by atoms with Gasteiger partial charge in [0.05, 0.1) is 24.1 Å². The zero-order valence-electron chi connectivity index (χ0n) is 15.1. The number of rotatable bonds is 5. The second-order valence-corrected chi connectivity index (χ2v) is 6.65. The summed E-state index contributed by atoms with van der Waals surface area (Å²) in [6.45, 7) is 1.84. The third kappa shape index (κ3) is 4.23. The molecule has 0 bridgehead atoms. The Morgan fingerprint density at radius 1 is 1.15 bits per heavy atom. The summed E-state index contributed by atoms with van der Waals surface area (Å²) in [5.41, 5.74) is 2.46. The molecule has 0 spiro atoms. The molecule has 1 amide bonds. The van der Waals surface area contributed by atoms with E-state index in [0.29, 0.717) is 18.7 Å². The maximum Gasteiger partial charge on any atom is 0.254 e. The summed E-state index contributed by atoms with van der Waals surface area (Å²) in [6, 6.07) is 15.2. The number of piperidine rings is 1. The topological polar surface area (TPSA) is 60.2 Å². The quantitative estimate of drug-likeness (QED) is 0.700. The molecule has 3 aromatic rings. The van der Waals surface area contributed by atoms with Gasteiger partial charge in [-0.15, -0.1) is 0 Å². The van der Waals surface area contributed by atoms with E-state index in [2.05, 4.69) is 10.1 Å². The Hall–Kier alpha value is -2.99. The molecule has 0 unspecified atom stereocenters. The monoisotopic (exact) mass is 362 g/mol. The third-order valence-electron chi connectivity index (χ3n) is 4.72. The Morgan fingerprint density at radius 2 is 2.11 bits per heavy atom. The number of carbonyl (C=O) groups is 1. The van der Waals surface area contributed by atoms with Gasteiger partial charge in [-0.1, -0.05) is 12.1 Å². The number of aromatic nitrogens is 3. The summed E-state index contributed by atoms with van der Waals surface area (Å²) >= 11 is 0. The summed E-state index contributed by atoms with van der Waals surface area (Å²) in [6.07, 6.45) is 7.30. The van der Waals surface area contributed by atoms with E-state index < -0.39 is 0 Å². The molecule has 27 heavy (non-hydrogen) atoms. The molecule has 0 aliphatic carbocycles. The van der Waals surface area contributed by atoms with Crippen molar-refractivity contribution >= 4 is 5.91 Å². The molecule has 4 rings (SSSR count). The maximum atomic E-state index is 13.0. The molecular formula is C21H22N4O2. The van der Waals surface area contributed by atoms with Gasteiger partial charge in [-0.3, -0.25) is 9.78 Å². The first kappa shape index (κ1) is 17.4. The second kappa shape index (κ2) is 8.14. The molecule has 1 aliphatic rings. The van der Waals surface area contributed by atoms with Crippen molar-refractivity contribution < 1.29 is 9.53 Å². The summed E-state index contributed by atoms with van der Waals surface area (Å²) in [4.78, 5) is 19.1. The molecule has 1 saturated heterocycles. The van der Waals surface area contributed by atoms with Gasteiger partial charge >= 0.3 is 0 Å². The van der Waals surface area contributed by atoms with E-state index in [1.807, 2.05) is 59.6 Å². The first-order chi connectivity index (χ1) is 13.3. The van der Waals surface area contributed by atoms with Gasteiger partial charge in [0.25, 0.3) is 5.91 Å². The fraction of sp³-hybridized carbons (Fsp3) is 0.286. The lowest BCUT2D eigenvalue weighted by atomic mass is 10.1. The van der Waals surface area contributed by atoms with Crippen LogP contribution in [0.15, 0.2) is 67.1 Å². The van der Waals surface area contributed by atoms with E-state index in [1.165, 1.54) is 0 Å². The standard InChI is InChI=1S/C21H22N4O2/c26-21(17-6-3-8-19(14-17)25-13-5-11-23-25)24-12-4-9-20(15-24)27-16-18-7-1-2-10-22-18/h1-3,5-8,10-11,13-14,20H,4,9,12,15-16H2/t20-/m0/s1. The molecule has 6 heteroatoms. The zero-order chi connectivity index (χ0) is 18.5. The van der Waals surface area contributed by atoms with Gasteiger partial charge in [0.2, 0.25) is 0 Å². The molecule has 3 heterocycles. The number of pyridine rings is 1. The van der Waals surface area contributed by atoms with Crippen molar-refractivity contribution in [3.63, 3.8) is 0 Å². The van der Waals surface area contributed by atoms with Crippen LogP contribution in [0.3, 0.4) is 0 Å². The van der Waals surface area contributed by atoms with Gasteiger partial charge in [-0.25, -0.2) is 4.68 Å². The number of likely N-dealkylation sites (tertiary alicyclic amines) is 1. The van der Waals surface area contributed by atoms with Crippen molar-refractivity contribution in [3.05, 3.63) is 78.4 Å². The highest BCUT2D eigenvalue weighted by Crippen LogP contribution is 2.18. The first-order valence-corrected chi connectivity index (χ1v) is 9.20. The van der Waals surface area contributed by atoms with Crippen LogP contribution in [0, 0.1) is 0 Å². The molecule has 138 valence electrons. The minimum Gasteiger partial charge on any atom is -0.370 e. The van der Waals surface area contributed by atoms with Gasteiger partial charge in [0, 0.05) is 37.2 Å². The highest BCUT2D eigenvalue weighted by Gasteiger charge is 2.25. The van der Waals surface area contributed by atoms with E-state index in [4.69, 9.17) is 4.74 Å². The van der Waals surface area contributed by atoms with Crippen LogP contribution in [0.25, 0.3) is 5.69 Å². The van der Waals surface area contributed by atoms with E-state index in [0.717, 1.165) is 30.8 Å². The Labute approximate surface area is 158 Å². The van der Waals surface area contributed by atoms with Crippen LogP contribution < -0.4 is 0 Å². The number of hydrogen-bond acceptors (Lipinski definition) is 4. The Morgan fingerprint density at radius 3 is 2.93 bits per heavy atom. The average molecular weight is 362 g/mol. The largest absolute Gasteiger partial charge is 0.370 e. The van der Waals surface area contributed by atoms with Gasteiger partial charge in [-0.05, 0) is 49.2 Å². The Bertz CT molecular complexity index is 880. The molecule has 2 aromatic heterocycles. The van der Waals surface area contributed by atoms with Gasteiger partial charge in [0.15, 0.2) is 0 Å². The van der Waals surface area contributed by atoms with Crippen molar-refractivity contribution in [2.75, 3.05) is 13.1 Å². The molecule has 1 aromatic carbocycles. The minimum absolute atomic E-state index is 0.0372. The van der Waals surface area contributed by atoms with Crippen LogP contribution in [-0.2, 0) is 11.3 Å². The number of nitrogens with zero attached hydrogens (tertiary/aromatic N) is 4. The fourth-order valence-electron chi connectivity index (χ4n) is 3.33. The van der Waals surface area contributed by atoms with Gasteiger partial charge in [-0.2, -0.15) is 5.10 Å². The SMILES string of the molecule is O=C(c1cccc(-n2cccn2)c1)N1CCC[C@H](OCc2ccccn2)C1. The second-order valence-electron chi connectivity index (χ2n) is 6.65. The molecule has 0 saturated carbocycles. The van der Waals surface area contributed by atoms with Crippen LogP contribution in [0.4, 0.5) is 0 Å². The average Bonchev–Trinajstić information content (AvgIpc) is 3.28. The van der Waals surface area contributed by atoms with Crippen molar-refractivity contribution in [1.82, 2.24) is 19.7 Å². The van der Waals surface area contributed by atoms with Crippen molar-refractivity contribution in [1.29, 1.82) is 0 Å². The normalized spacial score (nSPS) is 17.0. The van der Waals surface area contributed by atoms with Crippen LogP contribution in [0.5, 0.6) is 0 Å².